The van der Waals surface area contributed by atoms with E-state index >= 15 is 0 Å². The maximum atomic E-state index is 12.3. The van der Waals surface area contributed by atoms with Crippen molar-refractivity contribution in [3.63, 3.8) is 0 Å². The molecule has 0 unspecified atom stereocenters. The first kappa shape index (κ1) is 16.6. The van der Waals surface area contributed by atoms with Gasteiger partial charge < -0.3 is 14.8 Å². The Hall–Kier alpha value is -2.28. The van der Waals surface area contributed by atoms with Crippen LogP contribution in [-0.4, -0.2) is 25.2 Å². The minimum atomic E-state index is -0.342. The van der Waals surface area contributed by atoms with Crippen molar-refractivity contribution in [2.24, 2.45) is 0 Å². The molecule has 128 valence electrons. The van der Waals surface area contributed by atoms with Crippen LogP contribution in [0.1, 0.15) is 29.8 Å². The molecule has 1 aliphatic carbocycles. The third-order valence-electron chi connectivity index (χ3n) is 3.97. The highest BCUT2D eigenvalue weighted by Crippen LogP contribution is 2.31. The van der Waals surface area contributed by atoms with Gasteiger partial charge in [-0.3, -0.25) is 5.32 Å². The molecule has 1 aromatic carbocycles. The molecule has 24 heavy (non-hydrogen) atoms. The predicted molar refractivity (Wildman–Crippen MR) is 95.6 cm³/mol. The Bertz CT molecular complexity index is 706. The number of anilines is 2. The van der Waals surface area contributed by atoms with E-state index in [2.05, 4.69) is 15.6 Å². The van der Waals surface area contributed by atoms with Gasteiger partial charge in [0.05, 0.1) is 25.6 Å². The molecule has 0 radical (unpaired) electrons. The summed E-state index contributed by atoms with van der Waals surface area (Å²) in [6.45, 7) is 0. The van der Waals surface area contributed by atoms with Gasteiger partial charge in [-0.05, 0) is 37.8 Å². The van der Waals surface area contributed by atoms with Crippen LogP contribution in [0.2, 0.25) is 0 Å². The number of hydrogen-bond acceptors (Lipinski definition) is 5. The molecule has 1 heterocycles. The van der Waals surface area contributed by atoms with Crippen molar-refractivity contribution in [1.29, 1.82) is 0 Å². The second-order valence-corrected chi connectivity index (χ2v) is 6.68. The normalized spacial score (nSPS) is 13.6. The fourth-order valence-corrected chi connectivity index (χ4v) is 3.79. The lowest BCUT2D eigenvalue weighted by Crippen LogP contribution is -2.19. The topological polar surface area (TPSA) is 72.5 Å². The van der Waals surface area contributed by atoms with E-state index in [9.17, 15) is 4.79 Å². The number of methoxy groups -OCH3 is 2. The summed E-state index contributed by atoms with van der Waals surface area (Å²) in [6, 6.07) is 4.90. The van der Waals surface area contributed by atoms with Gasteiger partial charge in [-0.25, -0.2) is 9.78 Å². The fourth-order valence-electron chi connectivity index (χ4n) is 2.74. The van der Waals surface area contributed by atoms with E-state index < -0.39 is 0 Å². The summed E-state index contributed by atoms with van der Waals surface area (Å²) in [5.74, 6) is 1.22. The van der Waals surface area contributed by atoms with Crippen LogP contribution in [0, 0.1) is 0 Å². The highest BCUT2D eigenvalue weighted by molar-refractivity contribution is 7.15. The van der Waals surface area contributed by atoms with Crippen LogP contribution < -0.4 is 20.1 Å². The van der Waals surface area contributed by atoms with E-state index in [0.717, 1.165) is 18.5 Å². The molecular weight excluding hydrogens is 326 g/mol. The van der Waals surface area contributed by atoms with Gasteiger partial charge in [0.25, 0.3) is 0 Å². The Morgan fingerprint density at radius 1 is 1.12 bits per heavy atom. The number of carbonyl (C=O) groups excluding carboxylic acids is 1. The minimum Gasteiger partial charge on any atom is -0.497 e. The number of aryl methyl sites for hydroxylation is 2. The maximum absolute atomic E-state index is 12.3. The maximum Gasteiger partial charge on any atom is 0.325 e. The Morgan fingerprint density at radius 3 is 2.75 bits per heavy atom. The molecule has 2 aromatic rings. The van der Waals surface area contributed by atoms with Crippen molar-refractivity contribution in [2.75, 3.05) is 24.9 Å². The molecule has 6 nitrogen and oxygen atoms in total. The summed E-state index contributed by atoms with van der Waals surface area (Å²) in [4.78, 5) is 18.1. The number of carbonyl (C=O) groups is 1. The van der Waals surface area contributed by atoms with Crippen molar-refractivity contribution in [1.82, 2.24) is 4.98 Å². The molecule has 7 heteroatoms. The number of fused-ring (bicyclic) bond motifs is 1. The van der Waals surface area contributed by atoms with E-state index in [0.29, 0.717) is 22.3 Å². The van der Waals surface area contributed by atoms with Gasteiger partial charge in [-0.15, -0.1) is 11.3 Å². The molecule has 1 aromatic heterocycles. The Morgan fingerprint density at radius 2 is 1.96 bits per heavy atom. The second-order valence-electron chi connectivity index (χ2n) is 5.59. The first-order valence-electron chi connectivity index (χ1n) is 7.98. The lowest BCUT2D eigenvalue weighted by molar-refractivity contribution is 0.262. The fraction of sp³-hybridized carbons (Fsp3) is 0.412. The van der Waals surface area contributed by atoms with Gasteiger partial charge >= 0.3 is 6.03 Å². The van der Waals surface area contributed by atoms with E-state index in [-0.39, 0.29) is 6.03 Å². The number of benzene rings is 1. The number of rotatable bonds is 4. The molecule has 2 amide bonds. The van der Waals surface area contributed by atoms with Gasteiger partial charge in [-0.1, -0.05) is 6.42 Å². The number of thiazole rings is 1. The molecule has 0 saturated carbocycles. The Balaban J connectivity index is 1.70. The van der Waals surface area contributed by atoms with Crippen LogP contribution in [0.3, 0.4) is 0 Å². The van der Waals surface area contributed by atoms with Crippen LogP contribution in [-0.2, 0) is 12.8 Å². The van der Waals surface area contributed by atoms with Crippen molar-refractivity contribution in [3.05, 3.63) is 28.8 Å². The molecule has 0 aliphatic heterocycles. The van der Waals surface area contributed by atoms with Gasteiger partial charge in [0.15, 0.2) is 5.13 Å². The van der Waals surface area contributed by atoms with Crippen LogP contribution in [0.15, 0.2) is 18.2 Å². The molecule has 0 fully saturated rings. The molecular formula is C17H21N3O3S. The van der Waals surface area contributed by atoms with Gasteiger partial charge in [0, 0.05) is 10.9 Å². The van der Waals surface area contributed by atoms with Crippen LogP contribution in [0.4, 0.5) is 15.6 Å². The van der Waals surface area contributed by atoms with Gasteiger partial charge in [0.1, 0.15) is 11.5 Å². The monoisotopic (exact) mass is 347 g/mol. The highest BCUT2D eigenvalue weighted by atomic mass is 32.1. The number of aromatic nitrogens is 1. The summed E-state index contributed by atoms with van der Waals surface area (Å²) < 4.78 is 10.4. The molecule has 0 saturated heterocycles. The largest absolute Gasteiger partial charge is 0.497 e. The number of ether oxygens (including phenoxy) is 2. The Labute approximate surface area is 145 Å². The standard InChI is InChI=1S/C17H21N3O3S/c1-22-11-8-9-14(23-2)13(10-11)18-16(21)20-17-19-12-6-4-3-5-7-15(12)24-17/h8-10H,3-7H2,1-2H3,(H2,18,19,20,21). The minimum absolute atomic E-state index is 0.342. The zero-order chi connectivity index (χ0) is 16.9. The predicted octanol–water partition coefficient (Wildman–Crippen LogP) is 4.07. The third-order valence-corrected chi connectivity index (χ3v) is 5.04. The van der Waals surface area contributed by atoms with Crippen LogP contribution in [0.25, 0.3) is 0 Å². The first-order chi connectivity index (χ1) is 11.7. The molecule has 0 bridgehead atoms. The van der Waals surface area contributed by atoms with Crippen LogP contribution >= 0.6 is 11.3 Å². The number of nitrogens with zero attached hydrogens (tertiary/aromatic N) is 1. The average Bonchev–Trinajstić information content (AvgIpc) is 2.82. The summed E-state index contributed by atoms with van der Waals surface area (Å²) in [6.07, 6.45) is 5.67. The van der Waals surface area contributed by atoms with E-state index in [1.54, 1.807) is 43.8 Å². The van der Waals surface area contributed by atoms with E-state index in [1.807, 2.05) is 0 Å². The molecule has 0 spiro atoms. The van der Waals surface area contributed by atoms with Crippen molar-refractivity contribution in [3.8, 4) is 11.5 Å². The zero-order valence-corrected chi connectivity index (χ0v) is 14.7. The average molecular weight is 347 g/mol. The number of urea groups is 1. The number of amides is 2. The quantitative estimate of drug-likeness (QED) is 0.818. The van der Waals surface area contributed by atoms with Crippen LogP contribution in [0.5, 0.6) is 11.5 Å². The third kappa shape index (κ3) is 3.79. The lowest BCUT2D eigenvalue weighted by atomic mass is 10.2. The number of nitrogens with one attached hydrogen (secondary N) is 2. The molecule has 2 N–H and O–H groups in total. The smallest absolute Gasteiger partial charge is 0.325 e. The van der Waals surface area contributed by atoms with Gasteiger partial charge in [0.2, 0.25) is 0 Å². The summed E-state index contributed by atoms with van der Waals surface area (Å²) in [7, 11) is 3.14. The van der Waals surface area contributed by atoms with E-state index in [4.69, 9.17) is 9.47 Å². The van der Waals surface area contributed by atoms with Gasteiger partial charge in [-0.2, -0.15) is 0 Å². The molecule has 3 rings (SSSR count). The van der Waals surface area contributed by atoms with Crippen molar-refractivity contribution >= 4 is 28.2 Å². The van der Waals surface area contributed by atoms with Crippen molar-refractivity contribution < 1.29 is 14.3 Å². The summed E-state index contributed by atoms with van der Waals surface area (Å²) in [5.41, 5.74) is 1.68. The first-order valence-corrected chi connectivity index (χ1v) is 8.80. The number of hydrogen-bond donors (Lipinski definition) is 2. The van der Waals surface area contributed by atoms with Crippen molar-refractivity contribution in [2.45, 2.75) is 32.1 Å². The zero-order valence-electron chi connectivity index (χ0n) is 13.8. The molecule has 1 aliphatic rings. The summed E-state index contributed by atoms with van der Waals surface area (Å²) >= 11 is 1.57. The van der Waals surface area contributed by atoms with E-state index in [1.165, 1.54) is 24.1 Å². The molecule has 0 atom stereocenters. The highest BCUT2D eigenvalue weighted by Gasteiger charge is 2.16. The summed E-state index contributed by atoms with van der Waals surface area (Å²) in [5, 5.41) is 6.25. The Kier molecular flexibility index (Phi) is 5.20. The second kappa shape index (κ2) is 7.53. The lowest BCUT2D eigenvalue weighted by Gasteiger charge is -2.11. The SMILES string of the molecule is COc1ccc(OC)c(NC(=O)Nc2nc3c(s2)CCCCC3)c1.